The maximum absolute atomic E-state index is 12.0. The molecule has 1 aliphatic heterocycles. The first kappa shape index (κ1) is 11.9. The summed E-state index contributed by atoms with van der Waals surface area (Å²) in [6, 6.07) is 4.99. The Labute approximate surface area is 113 Å². The van der Waals surface area contributed by atoms with E-state index in [1.165, 1.54) is 11.2 Å². The van der Waals surface area contributed by atoms with Crippen molar-refractivity contribution in [2.45, 2.75) is 6.54 Å². The van der Waals surface area contributed by atoms with Crippen LogP contribution in [-0.2, 0) is 18.4 Å². The highest BCUT2D eigenvalue weighted by Crippen LogP contribution is 2.34. The summed E-state index contributed by atoms with van der Waals surface area (Å²) in [7, 11) is 1.77. The first-order chi connectivity index (χ1) is 9.09. The van der Waals surface area contributed by atoms with Gasteiger partial charge in [0, 0.05) is 7.05 Å². The number of carbonyl (C=O) groups is 2. The van der Waals surface area contributed by atoms with Gasteiger partial charge in [-0.3, -0.25) is 14.5 Å². The Morgan fingerprint density at radius 3 is 2.79 bits per heavy atom. The standard InChI is InChI=1S/C12H9ClN4O2/c1-16-6-14-15-9(16)5-17-8-4-2-3-7(13)10(8)11(18)12(17)19/h2-4,6H,5H2,1H3. The lowest BCUT2D eigenvalue weighted by molar-refractivity contribution is -0.114. The zero-order chi connectivity index (χ0) is 13.6. The molecule has 2 heterocycles. The Bertz CT molecular complexity index is 695. The van der Waals surface area contributed by atoms with Crippen molar-refractivity contribution in [3.63, 3.8) is 0 Å². The van der Waals surface area contributed by atoms with Crippen LogP contribution in [0.15, 0.2) is 24.5 Å². The van der Waals surface area contributed by atoms with Gasteiger partial charge in [0.25, 0.3) is 11.7 Å². The van der Waals surface area contributed by atoms with Crippen LogP contribution in [0.1, 0.15) is 16.2 Å². The molecule has 0 spiro atoms. The van der Waals surface area contributed by atoms with Crippen molar-refractivity contribution >= 4 is 29.0 Å². The minimum atomic E-state index is -0.592. The molecule has 0 saturated heterocycles. The van der Waals surface area contributed by atoms with Crippen molar-refractivity contribution in [2.75, 3.05) is 4.90 Å². The number of rotatable bonds is 2. The van der Waals surface area contributed by atoms with E-state index < -0.39 is 11.7 Å². The molecule has 0 aliphatic carbocycles. The largest absolute Gasteiger partial charge is 0.319 e. The van der Waals surface area contributed by atoms with Gasteiger partial charge < -0.3 is 4.57 Å². The Kier molecular flexibility index (Phi) is 2.60. The molecule has 0 bridgehead atoms. The Morgan fingerprint density at radius 1 is 1.32 bits per heavy atom. The number of halogens is 1. The second-order valence-electron chi connectivity index (χ2n) is 4.21. The lowest BCUT2D eigenvalue weighted by atomic mass is 10.1. The molecule has 6 nitrogen and oxygen atoms in total. The average molecular weight is 277 g/mol. The summed E-state index contributed by atoms with van der Waals surface area (Å²) in [4.78, 5) is 25.3. The SMILES string of the molecule is Cn1cnnc1CN1C(=O)C(=O)c2c(Cl)cccc21. The van der Waals surface area contributed by atoms with E-state index in [1.54, 1.807) is 29.8 Å². The van der Waals surface area contributed by atoms with Crippen LogP contribution in [0.25, 0.3) is 0 Å². The van der Waals surface area contributed by atoms with E-state index in [9.17, 15) is 9.59 Å². The van der Waals surface area contributed by atoms with Crippen molar-refractivity contribution < 1.29 is 9.59 Å². The van der Waals surface area contributed by atoms with Gasteiger partial charge in [-0.15, -0.1) is 10.2 Å². The molecule has 1 aliphatic rings. The maximum Gasteiger partial charge on any atom is 0.299 e. The number of ketones is 1. The molecule has 0 N–H and O–H groups in total. The zero-order valence-electron chi connectivity index (χ0n) is 10.00. The molecule has 96 valence electrons. The van der Waals surface area contributed by atoms with E-state index in [4.69, 9.17) is 11.6 Å². The topological polar surface area (TPSA) is 68.1 Å². The third-order valence-corrected chi connectivity index (χ3v) is 3.37. The molecular weight excluding hydrogens is 268 g/mol. The molecule has 1 aromatic heterocycles. The predicted molar refractivity (Wildman–Crippen MR) is 68.0 cm³/mol. The van der Waals surface area contributed by atoms with Crippen LogP contribution in [-0.4, -0.2) is 26.5 Å². The second kappa shape index (κ2) is 4.17. The van der Waals surface area contributed by atoms with Gasteiger partial charge in [-0.05, 0) is 12.1 Å². The third kappa shape index (κ3) is 1.72. The number of hydrogen-bond acceptors (Lipinski definition) is 4. The number of aromatic nitrogens is 3. The molecule has 0 radical (unpaired) electrons. The first-order valence-electron chi connectivity index (χ1n) is 5.57. The van der Waals surface area contributed by atoms with Gasteiger partial charge >= 0.3 is 0 Å². The summed E-state index contributed by atoms with van der Waals surface area (Å²) in [6.45, 7) is 0.189. The molecule has 0 atom stereocenters. The van der Waals surface area contributed by atoms with E-state index in [-0.39, 0.29) is 17.1 Å². The van der Waals surface area contributed by atoms with Gasteiger partial charge in [0.2, 0.25) is 0 Å². The average Bonchev–Trinajstić information content (AvgIpc) is 2.89. The molecule has 0 unspecified atom stereocenters. The number of amides is 1. The molecule has 1 aromatic carbocycles. The highest BCUT2D eigenvalue weighted by Gasteiger charge is 2.37. The number of carbonyl (C=O) groups excluding carboxylic acids is 2. The van der Waals surface area contributed by atoms with Crippen molar-refractivity contribution in [1.29, 1.82) is 0 Å². The van der Waals surface area contributed by atoms with Gasteiger partial charge in [0.05, 0.1) is 22.8 Å². The van der Waals surface area contributed by atoms with Crippen LogP contribution < -0.4 is 4.90 Å². The van der Waals surface area contributed by atoms with Gasteiger partial charge in [-0.1, -0.05) is 17.7 Å². The number of fused-ring (bicyclic) bond motifs is 1. The predicted octanol–water partition coefficient (Wildman–Crippen LogP) is 1.20. The van der Waals surface area contributed by atoms with Crippen molar-refractivity contribution in [3.8, 4) is 0 Å². The molecule has 3 rings (SSSR count). The number of aryl methyl sites for hydroxylation is 1. The summed E-state index contributed by atoms with van der Waals surface area (Å²) >= 11 is 5.98. The summed E-state index contributed by atoms with van der Waals surface area (Å²) in [5.41, 5.74) is 0.779. The van der Waals surface area contributed by atoms with E-state index in [0.717, 1.165) is 0 Å². The third-order valence-electron chi connectivity index (χ3n) is 3.05. The molecule has 19 heavy (non-hydrogen) atoms. The van der Waals surface area contributed by atoms with Gasteiger partial charge in [0.15, 0.2) is 5.82 Å². The van der Waals surface area contributed by atoms with Gasteiger partial charge in [0.1, 0.15) is 6.33 Å². The van der Waals surface area contributed by atoms with Crippen molar-refractivity contribution in [3.05, 3.63) is 40.9 Å². The number of nitrogens with zero attached hydrogens (tertiary/aromatic N) is 4. The van der Waals surface area contributed by atoms with Crippen LogP contribution in [0.4, 0.5) is 5.69 Å². The smallest absolute Gasteiger partial charge is 0.299 e. The molecule has 1 amide bonds. The Morgan fingerprint density at radius 2 is 2.11 bits per heavy atom. The Hall–Kier alpha value is -2.21. The summed E-state index contributed by atoms with van der Waals surface area (Å²) in [5, 5.41) is 7.94. The monoisotopic (exact) mass is 276 g/mol. The summed E-state index contributed by atoms with van der Waals surface area (Å²) in [5.74, 6) is -0.581. The lowest BCUT2D eigenvalue weighted by Crippen LogP contribution is -2.30. The zero-order valence-corrected chi connectivity index (χ0v) is 10.8. The van der Waals surface area contributed by atoms with E-state index >= 15 is 0 Å². The molecular formula is C12H9ClN4O2. The molecule has 0 fully saturated rings. The van der Waals surface area contributed by atoms with Crippen LogP contribution >= 0.6 is 11.6 Å². The Balaban J connectivity index is 2.05. The van der Waals surface area contributed by atoms with E-state index in [0.29, 0.717) is 11.5 Å². The van der Waals surface area contributed by atoms with Gasteiger partial charge in [-0.25, -0.2) is 0 Å². The molecule has 2 aromatic rings. The lowest BCUT2D eigenvalue weighted by Gasteiger charge is -2.15. The van der Waals surface area contributed by atoms with Crippen LogP contribution in [0, 0.1) is 0 Å². The number of Topliss-reactive ketones (excluding diaryl/α,β-unsaturated/α-hetero) is 1. The van der Waals surface area contributed by atoms with Crippen LogP contribution in [0.2, 0.25) is 5.02 Å². The maximum atomic E-state index is 12.0. The normalized spacial score (nSPS) is 14.1. The minimum Gasteiger partial charge on any atom is -0.319 e. The fourth-order valence-electron chi connectivity index (χ4n) is 2.05. The number of hydrogen-bond donors (Lipinski definition) is 0. The number of anilines is 1. The van der Waals surface area contributed by atoms with E-state index in [1.807, 2.05) is 0 Å². The van der Waals surface area contributed by atoms with Crippen molar-refractivity contribution in [2.24, 2.45) is 7.05 Å². The van der Waals surface area contributed by atoms with Crippen LogP contribution in [0.3, 0.4) is 0 Å². The van der Waals surface area contributed by atoms with Crippen molar-refractivity contribution in [1.82, 2.24) is 14.8 Å². The fraction of sp³-hybridized carbons (Fsp3) is 0.167. The summed E-state index contributed by atoms with van der Waals surface area (Å²) in [6.07, 6.45) is 1.54. The molecule has 7 heteroatoms. The summed E-state index contributed by atoms with van der Waals surface area (Å²) < 4.78 is 1.69. The van der Waals surface area contributed by atoms with E-state index in [2.05, 4.69) is 10.2 Å². The highest BCUT2D eigenvalue weighted by molar-refractivity contribution is 6.55. The first-order valence-corrected chi connectivity index (χ1v) is 5.95. The number of benzene rings is 1. The fourth-order valence-corrected chi connectivity index (χ4v) is 2.31. The van der Waals surface area contributed by atoms with Crippen LogP contribution in [0.5, 0.6) is 0 Å². The molecule has 0 saturated carbocycles. The second-order valence-corrected chi connectivity index (χ2v) is 4.62. The quantitative estimate of drug-likeness (QED) is 0.773. The van der Waals surface area contributed by atoms with Gasteiger partial charge in [-0.2, -0.15) is 0 Å². The highest BCUT2D eigenvalue weighted by atomic mass is 35.5. The minimum absolute atomic E-state index is 0.189.